The lowest BCUT2D eigenvalue weighted by Crippen LogP contribution is -2.30. The van der Waals surface area contributed by atoms with Crippen LogP contribution in [0.2, 0.25) is 0 Å². The largest absolute Gasteiger partial charge is 0.472 e. The number of esters is 4. The van der Waals surface area contributed by atoms with E-state index in [0.29, 0.717) is 25.7 Å². The molecule has 576 valence electrons. The SMILES string of the molecule is CCCCCCCCCCCCCCCCCCCCCCCC(=O)O[C@H](COC(=O)CCCCCCCCCCCCCCCCC(C)C)COP(=O)(O)OC[C@@H](O)COP(=O)(O)OC[C@@H](COC(=O)CCCCCCCCC)OC(=O)CCCCCCCCCCCC(C)C. The number of phosphoric ester groups is 2. The molecule has 0 amide bonds. The molecule has 19 heteroatoms. The molecule has 17 nitrogen and oxygen atoms in total. The van der Waals surface area contributed by atoms with Gasteiger partial charge >= 0.3 is 39.5 Å². The average molecular weight is 1420 g/mol. The average Bonchev–Trinajstić information content (AvgIpc) is 1.46. The second-order valence-corrected chi connectivity index (χ2v) is 32.0. The Labute approximate surface area is 594 Å². The maximum Gasteiger partial charge on any atom is 0.472 e. The lowest BCUT2D eigenvalue weighted by atomic mass is 10.0. The molecule has 0 saturated heterocycles. The Morgan fingerprint density at radius 3 is 0.701 bits per heavy atom. The first-order valence-corrected chi connectivity index (χ1v) is 43.5. The number of carbonyl (C=O) groups excluding carboxylic acids is 4. The van der Waals surface area contributed by atoms with Crippen molar-refractivity contribution in [3.63, 3.8) is 0 Å². The van der Waals surface area contributed by atoms with Crippen molar-refractivity contribution in [2.24, 2.45) is 11.8 Å². The van der Waals surface area contributed by atoms with Gasteiger partial charge in [-0.2, -0.15) is 0 Å². The van der Waals surface area contributed by atoms with Crippen LogP contribution in [-0.4, -0.2) is 96.7 Å². The number of rotatable bonds is 77. The topological polar surface area (TPSA) is 237 Å². The highest BCUT2D eigenvalue weighted by atomic mass is 31.2. The molecule has 97 heavy (non-hydrogen) atoms. The summed E-state index contributed by atoms with van der Waals surface area (Å²) in [6, 6.07) is 0. The van der Waals surface area contributed by atoms with Crippen LogP contribution in [0.1, 0.15) is 408 Å². The number of aliphatic hydroxyl groups excluding tert-OH is 1. The van der Waals surface area contributed by atoms with E-state index in [-0.39, 0.29) is 25.7 Å². The van der Waals surface area contributed by atoms with Crippen molar-refractivity contribution in [2.75, 3.05) is 39.6 Å². The quantitative estimate of drug-likeness (QED) is 0.0222. The predicted molar refractivity (Wildman–Crippen MR) is 395 cm³/mol. The molecular weight excluding hydrogens is 1270 g/mol. The van der Waals surface area contributed by atoms with Crippen molar-refractivity contribution in [1.82, 2.24) is 0 Å². The zero-order valence-corrected chi connectivity index (χ0v) is 65.2. The second-order valence-electron chi connectivity index (χ2n) is 29.1. The highest BCUT2D eigenvalue weighted by Crippen LogP contribution is 2.45. The normalized spacial score (nSPS) is 14.0. The van der Waals surface area contributed by atoms with Crippen LogP contribution >= 0.6 is 15.6 Å². The minimum absolute atomic E-state index is 0.105. The van der Waals surface area contributed by atoms with E-state index in [2.05, 4.69) is 41.5 Å². The van der Waals surface area contributed by atoms with Gasteiger partial charge in [0.1, 0.15) is 19.3 Å². The first-order chi connectivity index (χ1) is 46.9. The first kappa shape index (κ1) is 95.1. The van der Waals surface area contributed by atoms with E-state index in [1.807, 2.05) is 0 Å². The minimum Gasteiger partial charge on any atom is -0.462 e. The predicted octanol–water partition coefficient (Wildman–Crippen LogP) is 23.1. The summed E-state index contributed by atoms with van der Waals surface area (Å²) in [5.74, 6) is -0.583. The Hall–Kier alpha value is -1.94. The number of ether oxygens (including phenoxy) is 4. The van der Waals surface area contributed by atoms with E-state index >= 15 is 0 Å². The summed E-state index contributed by atoms with van der Waals surface area (Å²) in [4.78, 5) is 72.7. The van der Waals surface area contributed by atoms with Crippen LogP contribution in [0.5, 0.6) is 0 Å². The molecule has 0 bridgehead atoms. The molecule has 0 fully saturated rings. The van der Waals surface area contributed by atoms with Gasteiger partial charge in [-0.25, -0.2) is 9.13 Å². The molecule has 0 rings (SSSR count). The Bertz CT molecular complexity index is 1870. The Kier molecular flexibility index (Phi) is 68.4. The second kappa shape index (κ2) is 69.8. The maximum absolute atomic E-state index is 13.1. The van der Waals surface area contributed by atoms with E-state index < -0.39 is 97.5 Å². The van der Waals surface area contributed by atoms with Crippen molar-refractivity contribution in [3.8, 4) is 0 Å². The van der Waals surface area contributed by atoms with Crippen LogP contribution in [-0.2, 0) is 65.4 Å². The third-order valence-electron chi connectivity index (χ3n) is 18.2. The molecule has 0 aromatic rings. The smallest absolute Gasteiger partial charge is 0.462 e. The summed E-state index contributed by atoms with van der Waals surface area (Å²) < 4.78 is 68.5. The van der Waals surface area contributed by atoms with Crippen molar-refractivity contribution in [2.45, 2.75) is 426 Å². The fourth-order valence-corrected chi connectivity index (χ4v) is 13.6. The summed E-state index contributed by atoms with van der Waals surface area (Å²) in [5, 5.41) is 10.6. The van der Waals surface area contributed by atoms with Gasteiger partial charge in [-0.3, -0.25) is 37.3 Å². The van der Waals surface area contributed by atoms with Gasteiger partial charge in [-0.1, -0.05) is 356 Å². The van der Waals surface area contributed by atoms with E-state index in [9.17, 15) is 43.2 Å². The van der Waals surface area contributed by atoms with Gasteiger partial charge in [0.15, 0.2) is 12.2 Å². The number of hydrogen-bond donors (Lipinski definition) is 3. The monoisotopic (exact) mass is 1420 g/mol. The summed E-state index contributed by atoms with van der Waals surface area (Å²) in [5.41, 5.74) is 0. The number of unbranched alkanes of at least 4 members (excludes halogenated alkanes) is 47. The van der Waals surface area contributed by atoms with Crippen LogP contribution < -0.4 is 0 Å². The molecule has 0 aliphatic carbocycles. The molecule has 5 atom stereocenters. The standard InChI is InChI=1S/C78H152O17P2/c1-7-9-11-13-15-16-17-18-19-20-21-22-23-24-25-30-33-38-44-50-56-62-77(82)95-74(67-89-76(81)61-55-49-43-37-32-29-27-26-28-31-35-41-46-52-58-70(3)4)69-93-97(86,87)91-65-72(79)64-90-96(84,85)92-68-73(66-88-75(80)60-54-48-40-14-12-10-8-2)94-78(83)63-57-51-45-39-34-36-42-47-53-59-71(5)6/h70-74,79H,7-69H2,1-6H3,(H,84,85)(H,86,87)/t72-,73+,74+/m0/s1. The molecule has 2 unspecified atom stereocenters. The van der Waals surface area contributed by atoms with Crippen molar-refractivity contribution >= 4 is 39.5 Å². The third kappa shape index (κ3) is 72.2. The lowest BCUT2D eigenvalue weighted by Gasteiger charge is -2.21. The fraction of sp³-hybridized carbons (Fsp3) is 0.949. The highest BCUT2D eigenvalue weighted by Gasteiger charge is 2.30. The molecule has 0 radical (unpaired) electrons. The molecule has 0 saturated carbocycles. The number of hydrogen-bond acceptors (Lipinski definition) is 15. The van der Waals surface area contributed by atoms with Gasteiger partial charge in [-0.15, -0.1) is 0 Å². The maximum atomic E-state index is 13.1. The van der Waals surface area contributed by atoms with Gasteiger partial charge in [0.25, 0.3) is 0 Å². The molecule has 0 heterocycles. The molecule has 0 spiro atoms. The van der Waals surface area contributed by atoms with Gasteiger partial charge in [0, 0.05) is 25.7 Å². The van der Waals surface area contributed by atoms with E-state index in [0.717, 1.165) is 115 Å². The molecule has 0 aliphatic rings. The van der Waals surface area contributed by atoms with Crippen molar-refractivity contribution < 1.29 is 80.2 Å². The van der Waals surface area contributed by atoms with Gasteiger partial charge in [0.05, 0.1) is 26.4 Å². The highest BCUT2D eigenvalue weighted by molar-refractivity contribution is 7.47. The summed E-state index contributed by atoms with van der Waals surface area (Å²) in [6.45, 7) is 9.56. The molecular formula is C78H152O17P2. The number of phosphoric acid groups is 2. The zero-order chi connectivity index (χ0) is 71.4. The van der Waals surface area contributed by atoms with Crippen molar-refractivity contribution in [3.05, 3.63) is 0 Å². The molecule has 0 aromatic carbocycles. The van der Waals surface area contributed by atoms with Gasteiger partial charge in [-0.05, 0) is 37.5 Å². The summed E-state index contributed by atoms with van der Waals surface area (Å²) in [7, 11) is -9.91. The van der Waals surface area contributed by atoms with E-state index in [4.69, 9.17) is 37.0 Å². The van der Waals surface area contributed by atoms with E-state index in [1.54, 1.807) is 0 Å². The summed E-state index contributed by atoms with van der Waals surface area (Å²) in [6.07, 6.45) is 58.6. The van der Waals surface area contributed by atoms with Gasteiger partial charge < -0.3 is 33.8 Å². The molecule has 0 aliphatic heterocycles. The zero-order valence-electron chi connectivity index (χ0n) is 63.4. The third-order valence-corrected chi connectivity index (χ3v) is 20.1. The van der Waals surface area contributed by atoms with Crippen LogP contribution in [0.15, 0.2) is 0 Å². The van der Waals surface area contributed by atoms with Gasteiger partial charge in [0.2, 0.25) is 0 Å². The fourth-order valence-electron chi connectivity index (χ4n) is 12.0. The van der Waals surface area contributed by atoms with Crippen LogP contribution in [0.25, 0.3) is 0 Å². The Balaban J connectivity index is 5.17. The first-order valence-electron chi connectivity index (χ1n) is 40.5. The Morgan fingerprint density at radius 1 is 0.278 bits per heavy atom. The van der Waals surface area contributed by atoms with E-state index in [1.165, 1.54) is 212 Å². The van der Waals surface area contributed by atoms with Crippen LogP contribution in [0.4, 0.5) is 0 Å². The Morgan fingerprint density at radius 2 is 0.474 bits per heavy atom. The summed E-state index contributed by atoms with van der Waals surface area (Å²) >= 11 is 0. The number of aliphatic hydroxyl groups is 1. The number of carbonyl (C=O) groups is 4. The lowest BCUT2D eigenvalue weighted by molar-refractivity contribution is -0.161. The molecule has 3 N–H and O–H groups in total. The van der Waals surface area contributed by atoms with Crippen LogP contribution in [0, 0.1) is 11.8 Å². The minimum atomic E-state index is -4.96. The van der Waals surface area contributed by atoms with Crippen LogP contribution in [0.3, 0.4) is 0 Å². The van der Waals surface area contributed by atoms with Crippen molar-refractivity contribution in [1.29, 1.82) is 0 Å². The molecule has 0 aromatic heterocycles.